The molecular weight excluding hydrogens is 248 g/mol. The average Bonchev–Trinajstić information content (AvgIpc) is 2.96. The standard InChI is InChI=1S/C12H14N4OS/c1-8-4-11(18-15-8)14-12(17)9-2-3-16-7-13-6-10(16)5-9/h4,6-7,9H,2-3,5H2,1H3,(H,14,17)/t9-/m0/s1. The molecule has 6 heteroatoms. The van der Waals surface area contributed by atoms with Gasteiger partial charge in [0.15, 0.2) is 0 Å². The van der Waals surface area contributed by atoms with Gasteiger partial charge >= 0.3 is 0 Å². The van der Waals surface area contributed by atoms with Crippen molar-refractivity contribution < 1.29 is 4.79 Å². The molecule has 0 unspecified atom stereocenters. The highest BCUT2D eigenvalue weighted by atomic mass is 32.1. The third-order valence-corrected chi connectivity index (χ3v) is 4.01. The minimum absolute atomic E-state index is 0.0385. The van der Waals surface area contributed by atoms with Crippen molar-refractivity contribution in [2.45, 2.75) is 26.3 Å². The molecule has 1 amide bonds. The molecule has 0 saturated carbocycles. The zero-order valence-electron chi connectivity index (χ0n) is 10.1. The second-order valence-electron chi connectivity index (χ2n) is 4.59. The van der Waals surface area contributed by atoms with E-state index >= 15 is 0 Å². The molecule has 2 aromatic rings. The molecule has 1 aliphatic heterocycles. The van der Waals surface area contributed by atoms with Gasteiger partial charge < -0.3 is 9.88 Å². The molecule has 0 spiro atoms. The Balaban J connectivity index is 1.67. The number of nitrogens with zero attached hydrogens (tertiary/aromatic N) is 3. The van der Waals surface area contributed by atoms with Gasteiger partial charge in [0.2, 0.25) is 5.91 Å². The Morgan fingerprint density at radius 2 is 2.50 bits per heavy atom. The Morgan fingerprint density at radius 3 is 3.28 bits per heavy atom. The van der Waals surface area contributed by atoms with Crippen LogP contribution in [0.25, 0.3) is 0 Å². The maximum Gasteiger partial charge on any atom is 0.228 e. The van der Waals surface area contributed by atoms with Crippen molar-refractivity contribution in [1.29, 1.82) is 0 Å². The molecule has 3 heterocycles. The number of hydrogen-bond acceptors (Lipinski definition) is 4. The first-order valence-electron chi connectivity index (χ1n) is 5.95. The molecule has 0 radical (unpaired) electrons. The van der Waals surface area contributed by atoms with Crippen LogP contribution in [-0.4, -0.2) is 19.8 Å². The summed E-state index contributed by atoms with van der Waals surface area (Å²) in [5, 5.41) is 3.77. The van der Waals surface area contributed by atoms with E-state index in [-0.39, 0.29) is 11.8 Å². The fourth-order valence-electron chi connectivity index (χ4n) is 2.24. The van der Waals surface area contributed by atoms with Gasteiger partial charge in [0.05, 0.1) is 12.0 Å². The number of amides is 1. The SMILES string of the molecule is Cc1cc(NC(=O)[C@H]2CCn3cncc3C2)sn1. The van der Waals surface area contributed by atoms with Crippen LogP contribution in [0.5, 0.6) is 0 Å². The Labute approximate surface area is 109 Å². The molecule has 3 rings (SSSR count). The van der Waals surface area contributed by atoms with E-state index < -0.39 is 0 Å². The molecule has 1 aliphatic rings. The topological polar surface area (TPSA) is 59.8 Å². The predicted octanol–water partition coefficient (Wildman–Crippen LogP) is 1.85. The zero-order valence-corrected chi connectivity index (χ0v) is 10.9. The first kappa shape index (κ1) is 11.4. The molecule has 0 aliphatic carbocycles. The molecule has 18 heavy (non-hydrogen) atoms. The number of hydrogen-bond donors (Lipinski definition) is 1. The average molecular weight is 262 g/mol. The normalized spacial score (nSPS) is 18.4. The van der Waals surface area contributed by atoms with Crippen LogP contribution in [-0.2, 0) is 17.8 Å². The number of carbonyl (C=O) groups is 1. The lowest BCUT2D eigenvalue weighted by Gasteiger charge is -2.22. The highest BCUT2D eigenvalue weighted by molar-refractivity contribution is 7.10. The number of anilines is 1. The number of nitrogens with one attached hydrogen (secondary N) is 1. The summed E-state index contributed by atoms with van der Waals surface area (Å²) in [5.74, 6) is 0.128. The Kier molecular flexibility index (Phi) is 2.87. The molecular formula is C12H14N4OS. The van der Waals surface area contributed by atoms with E-state index in [9.17, 15) is 4.79 Å². The second kappa shape index (κ2) is 4.53. The van der Waals surface area contributed by atoms with Crippen molar-refractivity contribution in [2.75, 3.05) is 5.32 Å². The van der Waals surface area contributed by atoms with Gasteiger partial charge in [-0.1, -0.05) is 0 Å². The van der Waals surface area contributed by atoms with Crippen LogP contribution >= 0.6 is 11.5 Å². The van der Waals surface area contributed by atoms with E-state index in [0.29, 0.717) is 0 Å². The maximum atomic E-state index is 12.1. The molecule has 0 saturated heterocycles. The highest BCUT2D eigenvalue weighted by Crippen LogP contribution is 2.23. The number of aryl methyl sites for hydroxylation is 2. The van der Waals surface area contributed by atoms with E-state index in [0.717, 1.165) is 35.8 Å². The summed E-state index contributed by atoms with van der Waals surface area (Å²) in [6.07, 6.45) is 5.31. The van der Waals surface area contributed by atoms with Gasteiger partial charge in [0.25, 0.3) is 0 Å². The van der Waals surface area contributed by atoms with E-state index in [1.807, 2.05) is 25.5 Å². The number of aromatic nitrogens is 3. The Morgan fingerprint density at radius 1 is 1.61 bits per heavy atom. The predicted molar refractivity (Wildman–Crippen MR) is 69.5 cm³/mol. The quantitative estimate of drug-likeness (QED) is 0.898. The number of fused-ring (bicyclic) bond motifs is 1. The summed E-state index contributed by atoms with van der Waals surface area (Å²) < 4.78 is 6.27. The van der Waals surface area contributed by atoms with Crippen LogP contribution in [0.15, 0.2) is 18.6 Å². The van der Waals surface area contributed by atoms with Crippen molar-refractivity contribution in [2.24, 2.45) is 5.92 Å². The van der Waals surface area contributed by atoms with Crippen molar-refractivity contribution in [3.05, 3.63) is 30.0 Å². The van der Waals surface area contributed by atoms with Gasteiger partial charge in [-0.3, -0.25) is 4.79 Å². The van der Waals surface area contributed by atoms with E-state index in [1.54, 1.807) is 0 Å². The number of imidazole rings is 1. The summed E-state index contributed by atoms with van der Waals surface area (Å²) in [7, 11) is 0. The van der Waals surface area contributed by atoms with E-state index in [1.165, 1.54) is 11.5 Å². The molecule has 94 valence electrons. The fraction of sp³-hybridized carbons (Fsp3) is 0.417. The minimum Gasteiger partial charge on any atom is -0.335 e. The first-order valence-corrected chi connectivity index (χ1v) is 6.73. The Hall–Kier alpha value is -1.69. The summed E-state index contributed by atoms with van der Waals surface area (Å²) >= 11 is 1.33. The summed E-state index contributed by atoms with van der Waals surface area (Å²) in [4.78, 5) is 16.3. The molecule has 0 aromatic carbocycles. The second-order valence-corrected chi connectivity index (χ2v) is 5.39. The van der Waals surface area contributed by atoms with Gasteiger partial charge in [0, 0.05) is 30.8 Å². The molecule has 2 aromatic heterocycles. The van der Waals surface area contributed by atoms with Crippen LogP contribution in [0.1, 0.15) is 17.8 Å². The molecule has 1 atom stereocenters. The number of carbonyl (C=O) groups excluding carboxylic acids is 1. The summed E-state index contributed by atoms with van der Waals surface area (Å²) in [5.41, 5.74) is 2.08. The van der Waals surface area contributed by atoms with Crippen molar-refractivity contribution in [3.63, 3.8) is 0 Å². The molecule has 1 N–H and O–H groups in total. The largest absolute Gasteiger partial charge is 0.335 e. The lowest BCUT2D eigenvalue weighted by Crippen LogP contribution is -2.29. The molecule has 0 fully saturated rings. The van der Waals surface area contributed by atoms with Crippen LogP contribution < -0.4 is 5.32 Å². The van der Waals surface area contributed by atoms with Gasteiger partial charge in [-0.25, -0.2) is 4.98 Å². The monoisotopic (exact) mass is 262 g/mol. The lowest BCUT2D eigenvalue weighted by atomic mass is 9.95. The Bertz CT molecular complexity index is 574. The van der Waals surface area contributed by atoms with E-state index in [4.69, 9.17) is 0 Å². The lowest BCUT2D eigenvalue weighted by molar-refractivity contribution is -0.120. The van der Waals surface area contributed by atoms with E-state index in [2.05, 4.69) is 19.2 Å². The fourth-order valence-corrected chi connectivity index (χ4v) is 2.90. The van der Waals surface area contributed by atoms with Gasteiger partial charge in [0.1, 0.15) is 5.00 Å². The van der Waals surface area contributed by atoms with Gasteiger partial charge in [-0.15, -0.1) is 0 Å². The summed E-state index contributed by atoms with van der Waals surface area (Å²) in [6.45, 7) is 2.79. The summed E-state index contributed by atoms with van der Waals surface area (Å²) in [6, 6.07) is 1.90. The number of rotatable bonds is 2. The highest BCUT2D eigenvalue weighted by Gasteiger charge is 2.25. The van der Waals surface area contributed by atoms with Gasteiger partial charge in [-0.05, 0) is 30.9 Å². The first-order chi connectivity index (χ1) is 8.72. The molecule has 5 nitrogen and oxygen atoms in total. The van der Waals surface area contributed by atoms with Crippen LogP contribution in [0.3, 0.4) is 0 Å². The zero-order chi connectivity index (χ0) is 12.5. The third kappa shape index (κ3) is 2.15. The smallest absolute Gasteiger partial charge is 0.228 e. The van der Waals surface area contributed by atoms with Crippen LogP contribution in [0.4, 0.5) is 5.00 Å². The van der Waals surface area contributed by atoms with Gasteiger partial charge in [-0.2, -0.15) is 4.37 Å². The minimum atomic E-state index is 0.0385. The van der Waals surface area contributed by atoms with Crippen LogP contribution in [0.2, 0.25) is 0 Å². The van der Waals surface area contributed by atoms with Crippen molar-refractivity contribution in [1.82, 2.24) is 13.9 Å². The third-order valence-electron chi connectivity index (χ3n) is 3.22. The maximum absolute atomic E-state index is 12.1. The van der Waals surface area contributed by atoms with Crippen molar-refractivity contribution in [3.8, 4) is 0 Å². The van der Waals surface area contributed by atoms with Crippen LogP contribution in [0, 0.1) is 12.8 Å². The van der Waals surface area contributed by atoms with Crippen molar-refractivity contribution >= 4 is 22.4 Å². The molecule has 0 bridgehead atoms.